The maximum atomic E-state index is 13.6. The zero-order chi connectivity index (χ0) is 61.9. The topological polar surface area (TPSA) is 170 Å². The summed E-state index contributed by atoms with van der Waals surface area (Å²) in [5, 5.41) is 8.20. The number of halogens is 12. The monoisotopic (exact) mass is 1200 g/mol. The van der Waals surface area contributed by atoms with Crippen molar-refractivity contribution in [1.29, 1.82) is 0 Å². The van der Waals surface area contributed by atoms with E-state index in [2.05, 4.69) is 30.1 Å². The summed E-state index contributed by atoms with van der Waals surface area (Å²) in [6.07, 6.45) is -6.31. The van der Waals surface area contributed by atoms with Gasteiger partial charge in [0.25, 0.3) is 0 Å². The number of hydrogen-bond acceptors (Lipinski definition) is 13. The van der Waals surface area contributed by atoms with Crippen LogP contribution < -0.4 is 9.80 Å². The summed E-state index contributed by atoms with van der Waals surface area (Å²) in [4.78, 5) is 61.5. The fraction of sp³-hybridized carbons (Fsp3) is 0.473. The molecule has 0 aliphatic carbocycles. The van der Waals surface area contributed by atoms with Crippen LogP contribution in [0.25, 0.3) is 22.3 Å². The molecule has 8 rings (SSSR count). The van der Waals surface area contributed by atoms with Crippen molar-refractivity contribution < 1.29 is 76.5 Å². The molecule has 4 aromatic heterocycles. The number of carbonyl (C=O) groups excluding carboxylic acids is 3. The highest BCUT2D eigenvalue weighted by Crippen LogP contribution is 2.40. The van der Waals surface area contributed by atoms with E-state index in [9.17, 15) is 67.1 Å². The first kappa shape index (κ1) is 63.6. The molecule has 2 amide bonds. The predicted molar refractivity (Wildman–Crippen MR) is 280 cm³/mol. The summed E-state index contributed by atoms with van der Waals surface area (Å²) in [6, 6.07) is 1.01. The normalized spacial score (nSPS) is 17.7. The van der Waals surface area contributed by atoms with Crippen LogP contribution in [0.5, 0.6) is 0 Å². The third-order valence-corrected chi connectivity index (χ3v) is 13.8. The number of alkyl halides is 12. The minimum absolute atomic E-state index is 0.0149. The molecule has 6 aromatic rings. The van der Waals surface area contributed by atoms with E-state index in [1.165, 1.54) is 34.6 Å². The molecule has 0 spiro atoms. The van der Waals surface area contributed by atoms with Gasteiger partial charge >= 0.3 is 42.7 Å². The van der Waals surface area contributed by atoms with Crippen molar-refractivity contribution in [3.63, 3.8) is 0 Å². The summed E-state index contributed by atoms with van der Waals surface area (Å²) in [7, 11) is 3.46. The molecule has 6 heterocycles. The third kappa shape index (κ3) is 15.8. The lowest BCUT2D eigenvalue weighted by Crippen LogP contribution is -2.43. The van der Waals surface area contributed by atoms with Gasteiger partial charge in [-0.15, -0.1) is 0 Å². The van der Waals surface area contributed by atoms with Crippen molar-refractivity contribution in [2.45, 2.75) is 135 Å². The van der Waals surface area contributed by atoms with Crippen molar-refractivity contribution in [1.82, 2.24) is 49.3 Å². The highest BCUT2D eigenvalue weighted by Gasteiger charge is 2.44. The Bertz CT molecular complexity index is 3180. The van der Waals surface area contributed by atoms with E-state index in [0.717, 1.165) is 5.56 Å². The highest BCUT2D eigenvalue weighted by molar-refractivity contribution is 6.32. The smallest absolute Gasteiger partial charge is 0.416 e. The second-order valence-electron chi connectivity index (χ2n) is 21.1. The molecule has 0 bridgehead atoms. The van der Waals surface area contributed by atoms with Crippen LogP contribution in [0.2, 0.25) is 0 Å². The molecule has 2 aliphatic heterocycles. The van der Waals surface area contributed by atoms with E-state index < -0.39 is 95.2 Å². The maximum absolute atomic E-state index is 13.6. The summed E-state index contributed by atoms with van der Waals surface area (Å²) in [5.41, 5.74) is -4.34. The number of esters is 1. The van der Waals surface area contributed by atoms with Crippen LogP contribution in [0.1, 0.15) is 101 Å². The standard InChI is InChI=1S/C28H32F6N6O2.C27H28F6N6O3/c1-6-22-10-23(16-40(22)25(41)42-26(2,3)4)39(24-35-11-18(12-36-24)19-13-37-38(5)15-19)14-17-7-20(27(29,30)31)9-21(8-17)28(32,33)34;1-4-21-9-22(15-38(21)23(40)24(41)42-5-2)39(25-34-10-17(11-35-25)18-12-36-37(3)14-18)13-16-6-19(26(28,29)30)8-20(7-16)27(31,32)33/h7-9,11-13,15,22-23H,6,10,14,16H2,1-5H3;6-8,10-12,14,21-22H,4-5,9,13,15H2,1-3H3/t22-,23+;21-,22+/m11/s1. The number of ether oxygens (including phenoxy) is 2. The Morgan fingerprint density at radius 3 is 1.20 bits per heavy atom. The van der Waals surface area contributed by atoms with Gasteiger partial charge in [0.05, 0.1) is 53.3 Å². The molecular weight excluding hydrogens is 1140 g/mol. The molecule has 454 valence electrons. The first-order valence-corrected chi connectivity index (χ1v) is 26.3. The van der Waals surface area contributed by atoms with E-state index in [1.54, 1.807) is 92.7 Å². The molecule has 0 N–H and O–H groups in total. The first-order valence-electron chi connectivity index (χ1n) is 26.3. The second-order valence-corrected chi connectivity index (χ2v) is 21.1. The minimum atomic E-state index is -5.02. The molecule has 2 saturated heterocycles. The van der Waals surface area contributed by atoms with E-state index >= 15 is 0 Å². The summed E-state index contributed by atoms with van der Waals surface area (Å²) in [6.45, 7) is 9.69. The van der Waals surface area contributed by atoms with Crippen LogP contribution in [0.15, 0.2) is 86.0 Å². The number of hydrogen-bond donors (Lipinski definition) is 0. The average Bonchev–Trinajstić information content (AvgIpc) is 4.26. The van der Waals surface area contributed by atoms with Crippen LogP contribution in [0.3, 0.4) is 0 Å². The Balaban J connectivity index is 0.000000241. The summed E-state index contributed by atoms with van der Waals surface area (Å²) < 4.78 is 177. The van der Waals surface area contributed by atoms with E-state index in [4.69, 9.17) is 9.47 Å². The highest BCUT2D eigenvalue weighted by atomic mass is 19.4. The molecule has 2 fully saturated rings. The van der Waals surface area contributed by atoms with Gasteiger partial charge in [0.15, 0.2) is 0 Å². The molecule has 17 nitrogen and oxygen atoms in total. The molecule has 0 unspecified atom stereocenters. The number of anilines is 2. The molecule has 2 aliphatic rings. The maximum Gasteiger partial charge on any atom is 0.416 e. The number of nitrogens with zero attached hydrogens (tertiary/aromatic N) is 12. The van der Waals surface area contributed by atoms with Crippen LogP contribution in [0, 0.1) is 0 Å². The van der Waals surface area contributed by atoms with Gasteiger partial charge < -0.3 is 29.1 Å². The van der Waals surface area contributed by atoms with Gasteiger partial charge in [0.1, 0.15) is 5.60 Å². The van der Waals surface area contributed by atoms with Gasteiger partial charge in [0.2, 0.25) is 11.9 Å². The lowest BCUT2D eigenvalue weighted by Gasteiger charge is -2.30. The minimum Gasteiger partial charge on any atom is -0.459 e. The van der Waals surface area contributed by atoms with E-state index in [1.807, 2.05) is 6.92 Å². The van der Waals surface area contributed by atoms with Crippen molar-refractivity contribution in [2.24, 2.45) is 14.1 Å². The van der Waals surface area contributed by atoms with Crippen LogP contribution in [0.4, 0.5) is 69.4 Å². The summed E-state index contributed by atoms with van der Waals surface area (Å²) >= 11 is 0. The average molecular weight is 1200 g/mol. The largest absolute Gasteiger partial charge is 0.459 e. The number of aryl methyl sites for hydroxylation is 2. The predicted octanol–water partition coefficient (Wildman–Crippen LogP) is 11.6. The Morgan fingerprint density at radius 2 is 0.893 bits per heavy atom. The van der Waals surface area contributed by atoms with E-state index in [-0.39, 0.29) is 73.9 Å². The van der Waals surface area contributed by atoms with E-state index in [0.29, 0.717) is 60.2 Å². The fourth-order valence-corrected chi connectivity index (χ4v) is 9.83. The van der Waals surface area contributed by atoms with Gasteiger partial charge in [-0.1, -0.05) is 13.8 Å². The summed E-state index contributed by atoms with van der Waals surface area (Å²) in [5.74, 6) is -1.80. The molecule has 84 heavy (non-hydrogen) atoms. The van der Waals surface area contributed by atoms with Crippen molar-refractivity contribution >= 4 is 29.9 Å². The zero-order valence-electron chi connectivity index (χ0n) is 46.7. The number of rotatable bonds is 13. The van der Waals surface area contributed by atoms with Gasteiger partial charge in [-0.25, -0.2) is 29.5 Å². The van der Waals surface area contributed by atoms with Gasteiger partial charge in [0, 0.05) is 112 Å². The number of aromatic nitrogens is 8. The Morgan fingerprint density at radius 1 is 0.536 bits per heavy atom. The first-order chi connectivity index (χ1) is 39.1. The quantitative estimate of drug-likeness (QED) is 0.0609. The van der Waals surface area contributed by atoms with Gasteiger partial charge in [-0.3, -0.25) is 14.2 Å². The van der Waals surface area contributed by atoms with Crippen LogP contribution in [-0.4, -0.2) is 117 Å². The van der Waals surface area contributed by atoms with Crippen molar-refractivity contribution in [3.8, 4) is 22.3 Å². The Labute approximate surface area is 474 Å². The number of benzene rings is 2. The molecule has 0 saturated carbocycles. The van der Waals surface area contributed by atoms with Crippen LogP contribution in [-0.2, 0) is 71.0 Å². The Hall–Kier alpha value is -8.01. The Kier molecular flexibility index (Phi) is 19.0. The number of carbonyl (C=O) groups is 3. The molecule has 2 aromatic carbocycles. The number of likely N-dealkylation sites (tertiary alicyclic amines) is 2. The van der Waals surface area contributed by atoms with Gasteiger partial charge in [-0.2, -0.15) is 62.9 Å². The lowest BCUT2D eigenvalue weighted by molar-refractivity contribution is -0.160. The molecule has 4 atom stereocenters. The number of amides is 2. The van der Waals surface area contributed by atoms with Crippen molar-refractivity contribution in [2.75, 3.05) is 29.5 Å². The van der Waals surface area contributed by atoms with Crippen molar-refractivity contribution in [3.05, 3.63) is 119 Å². The molecule has 0 radical (unpaired) electrons. The SMILES string of the molecule is CCOC(=O)C(=O)N1C[C@@H](N(Cc2cc(C(F)(F)F)cc(C(F)(F)F)c2)c2ncc(-c3cnn(C)c3)cn2)C[C@H]1CC.CC[C@@H]1C[C@H](N(Cc2cc(C(F)(F)F)cc(C(F)(F)F)c2)c2ncc(-c3cnn(C)c3)cn2)CN1C(=O)OC(C)(C)C. The fourth-order valence-electron chi connectivity index (χ4n) is 9.83. The molecule has 29 heteroatoms. The van der Waals surface area contributed by atoms with Crippen LogP contribution >= 0.6 is 0 Å². The third-order valence-electron chi connectivity index (χ3n) is 13.8. The molecular formula is C55H60F12N12O5. The van der Waals surface area contributed by atoms with Gasteiger partial charge in [-0.05, 0) is 101 Å². The lowest BCUT2D eigenvalue weighted by atomic mass is 10.0. The second kappa shape index (κ2) is 25.1. The zero-order valence-corrected chi connectivity index (χ0v) is 46.7.